The fourth-order valence-electron chi connectivity index (χ4n) is 2.38. The number of aryl methyl sites for hydroxylation is 2. The van der Waals surface area contributed by atoms with E-state index in [4.69, 9.17) is 0 Å². The number of halogens is 1. The lowest BCUT2D eigenvalue weighted by Crippen LogP contribution is -2.21. The summed E-state index contributed by atoms with van der Waals surface area (Å²) >= 11 is 0. The van der Waals surface area contributed by atoms with Crippen LogP contribution in [0.5, 0.6) is 0 Å². The van der Waals surface area contributed by atoms with E-state index in [2.05, 4.69) is 0 Å². The molecule has 0 spiro atoms. The molecule has 1 aromatic carbocycles. The van der Waals surface area contributed by atoms with Gasteiger partial charge in [0.05, 0.1) is 6.10 Å². The summed E-state index contributed by atoms with van der Waals surface area (Å²) in [6.45, 7) is 3.74. The second kappa shape index (κ2) is 3.93. The molecule has 1 fully saturated rings. The molecular formula is C13H17FO. The maximum absolute atomic E-state index is 13.1. The molecule has 1 unspecified atom stereocenters. The Morgan fingerprint density at radius 2 is 1.80 bits per heavy atom. The average Bonchev–Trinajstić information content (AvgIpc) is 1.97. The van der Waals surface area contributed by atoms with Crippen LogP contribution in [0.1, 0.15) is 42.1 Å². The van der Waals surface area contributed by atoms with Gasteiger partial charge in [0, 0.05) is 0 Å². The fourth-order valence-corrected chi connectivity index (χ4v) is 2.38. The third-order valence-corrected chi connectivity index (χ3v) is 3.45. The van der Waals surface area contributed by atoms with Crippen LogP contribution in [0.2, 0.25) is 0 Å². The van der Waals surface area contributed by atoms with Crippen LogP contribution in [-0.2, 0) is 0 Å². The number of hydrogen-bond donors (Lipinski definition) is 1. The minimum atomic E-state index is -0.403. The topological polar surface area (TPSA) is 20.2 Å². The predicted octanol–water partition coefficient (Wildman–Crippen LogP) is 3.28. The molecule has 82 valence electrons. The Bertz CT molecular complexity index is 346. The number of rotatable bonds is 2. The van der Waals surface area contributed by atoms with Gasteiger partial charge >= 0.3 is 0 Å². The van der Waals surface area contributed by atoms with Gasteiger partial charge in [-0.3, -0.25) is 0 Å². The Morgan fingerprint density at radius 1 is 1.27 bits per heavy atom. The molecule has 2 rings (SSSR count). The highest BCUT2D eigenvalue weighted by atomic mass is 19.1. The third-order valence-electron chi connectivity index (χ3n) is 3.45. The van der Waals surface area contributed by atoms with Crippen LogP contribution in [0.25, 0.3) is 0 Å². The van der Waals surface area contributed by atoms with Gasteiger partial charge in [-0.25, -0.2) is 4.39 Å². The zero-order valence-electron chi connectivity index (χ0n) is 9.26. The zero-order chi connectivity index (χ0) is 11.0. The first-order valence-electron chi connectivity index (χ1n) is 5.54. The Balaban J connectivity index is 2.33. The largest absolute Gasteiger partial charge is 0.388 e. The summed E-state index contributed by atoms with van der Waals surface area (Å²) in [5.74, 6) is 0.169. The maximum atomic E-state index is 13.1. The van der Waals surface area contributed by atoms with Crippen LogP contribution < -0.4 is 0 Å². The number of benzene rings is 1. The first-order chi connectivity index (χ1) is 7.09. The molecule has 0 heterocycles. The molecule has 15 heavy (non-hydrogen) atoms. The van der Waals surface area contributed by atoms with Gasteiger partial charge in [0.25, 0.3) is 0 Å². The maximum Gasteiger partial charge on any atom is 0.123 e. The van der Waals surface area contributed by atoms with Gasteiger partial charge in [-0.05, 0) is 61.4 Å². The normalized spacial score (nSPS) is 18.7. The molecule has 1 N–H and O–H groups in total. The summed E-state index contributed by atoms with van der Waals surface area (Å²) in [5, 5.41) is 10.2. The van der Waals surface area contributed by atoms with Crippen molar-refractivity contribution in [3.8, 4) is 0 Å². The van der Waals surface area contributed by atoms with Crippen LogP contribution >= 0.6 is 0 Å². The van der Waals surface area contributed by atoms with Gasteiger partial charge in [-0.15, -0.1) is 0 Å². The summed E-state index contributed by atoms with van der Waals surface area (Å²) in [6.07, 6.45) is 3.00. The van der Waals surface area contributed by atoms with Gasteiger partial charge in [-0.2, -0.15) is 0 Å². The Labute approximate surface area is 89.9 Å². The first-order valence-corrected chi connectivity index (χ1v) is 5.54. The van der Waals surface area contributed by atoms with E-state index in [1.54, 1.807) is 0 Å². The monoisotopic (exact) mass is 208 g/mol. The highest BCUT2D eigenvalue weighted by Gasteiger charge is 2.28. The van der Waals surface area contributed by atoms with Gasteiger partial charge in [-0.1, -0.05) is 6.42 Å². The van der Waals surface area contributed by atoms with E-state index in [1.807, 2.05) is 13.8 Å². The number of hydrogen-bond acceptors (Lipinski definition) is 1. The van der Waals surface area contributed by atoms with E-state index in [0.29, 0.717) is 5.92 Å². The molecule has 2 heteroatoms. The van der Waals surface area contributed by atoms with E-state index in [0.717, 1.165) is 29.5 Å². The van der Waals surface area contributed by atoms with E-state index >= 15 is 0 Å². The Morgan fingerprint density at radius 3 is 2.20 bits per heavy atom. The van der Waals surface area contributed by atoms with Crippen LogP contribution in [-0.4, -0.2) is 5.11 Å². The van der Waals surface area contributed by atoms with Gasteiger partial charge < -0.3 is 5.11 Å². The second-order valence-corrected chi connectivity index (χ2v) is 4.59. The second-order valence-electron chi connectivity index (χ2n) is 4.59. The lowest BCUT2D eigenvalue weighted by Gasteiger charge is -2.32. The number of aliphatic hydroxyl groups is 1. The third kappa shape index (κ3) is 1.91. The SMILES string of the molecule is Cc1cc(F)cc(C)c1C(O)C1CCC1. The van der Waals surface area contributed by atoms with Crippen molar-refractivity contribution in [2.75, 3.05) is 0 Å². The zero-order valence-corrected chi connectivity index (χ0v) is 9.26. The molecular weight excluding hydrogens is 191 g/mol. The quantitative estimate of drug-likeness (QED) is 0.790. The van der Waals surface area contributed by atoms with Crippen molar-refractivity contribution in [2.45, 2.75) is 39.2 Å². The van der Waals surface area contributed by atoms with Crippen LogP contribution in [0.15, 0.2) is 12.1 Å². The minimum absolute atomic E-state index is 0.213. The molecule has 1 aliphatic carbocycles. The van der Waals surface area contributed by atoms with E-state index in [1.165, 1.54) is 18.6 Å². The summed E-state index contributed by atoms with van der Waals surface area (Å²) < 4.78 is 13.1. The highest BCUT2D eigenvalue weighted by Crippen LogP contribution is 2.39. The highest BCUT2D eigenvalue weighted by molar-refractivity contribution is 5.36. The van der Waals surface area contributed by atoms with Gasteiger partial charge in [0.15, 0.2) is 0 Å². The summed E-state index contributed by atoms with van der Waals surface area (Å²) in [7, 11) is 0. The molecule has 0 aromatic heterocycles. The van der Waals surface area contributed by atoms with Crippen molar-refractivity contribution in [1.82, 2.24) is 0 Å². The van der Waals surface area contributed by atoms with E-state index in [9.17, 15) is 9.50 Å². The molecule has 1 nitrogen and oxygen atoms in total. The van der Waals surface area contributed by atoms with Crippen molar-refractivity contribution in [3.63, 3.8) is 0 Å². The van der Waals surface area contributed by atoms with E-state index < -0.39 is 6.10 Å². The van der Waals surface area contributed by atoms with Crippen molar-refractivity contribution >= 4 is 0 Å². The minimum Gasteiger partial charge on any atom is -0.388 e. The van der Waals surface area contributed by atoms with Crippen molar-refractivity contribution in [3.05, 3.63) is 34.6 Å². The molecule has 0 saturated heterocycles. The van der Waals surface area contributed by atoms with E-state index in [-0.39, 0.29) is 5.82 Å². The number of aliphatic hydroxyl groups excluding tert-OH is 1. The summed E-state index contributed by atoms with van der Waals surface area (Å²) in [6, 6.07) is 3.01. The van der Waals surface area contributed by atoms with Gasteiger partial charge in [0.2, 0.25) is 0 Å². The van der Waals surface area contributed by atoms with Crippen LogP contribution in [0.4, 0.5) is 4.39 Å². The Hall–Kier alpha value is -0.890. The van der Waals surface area contributed by atoms with Crippen LogP contribution in [0, 0.1) is 25.6 Å². The lowest BCUT2D eigenvalue weighted by atomic mass is 9.77. The van der Waals surface area contributed by atoms with Crippen molar-refractivity contribution in [2.24, 2.45) is 5.92 Å². The molecule has 0 aliphatic heterocycles. The molecule has 1 saturated carbocycles. The van der Waals surface area contributed by atoms with Gasteiger partial charge in [0.1, 0.15) is 5.82 Å². The Kier molecular flexibility index (Phi) is 2.79. The summed E-state index contributed by atoms with van der Waals surface area (Å²) in [4.78, 5) is 0. The molecule has 1 atom stereocenters. The average molecular weight is 208 g/mol. The smallest absolute Gasteiger partial charge is 0.123 e. The first kappa shape index (κ1) is 10.6. The molecule has 0 amide bonds. The molecule has 1 aromatic rings. The fraction of sp³-hybridized carbons (Fsp3) is 0.538. The molecule has 0 radical (unpaired) electrons. The van der Waals surface area contributed by atoms with Crippen molar-refractivity contribution < 1.29 is 9.50 Å². The van der Waals surface area contributed by atoms with Crippen molar-refractivity contribution in [1.29, 1.82) is 0 Å². The molecule has 0 bridgehead atoms. The summed E-state index contributed by atoms with van der Waals surface area (Å²) in [5.41, 5.74) is 2.67. The predicted molar refractivity (Wildman–Crippen MR) is 58.2 cm³/mol. The van der Waals surface area contributed by atoms with Crippen LogP contribution in [0.3, 0.4) is 0 Å². The molecule has 1 aliphatic rings. The lowest BCUT2D eigenvalue weighted by molar-refractivity contribution is 0.0610. The standard InChI is InChI=1S/C13H17FO/c1-8-6-11(14)7-9(2)12(8)13(15)10-4-3-5-10/h6-7,10,13,15H,3-5H2,1-2H3.